The number of ether oxygens (including phenoxy) is 2. The number of methoxy groups -OCH3 is 1. The SMILES string of the molecule is COc1ccc(C(=O)OCC(=O)Nc2cccc(I)c2)cc1[N+](=O)[O-]. The fourth-order valence-electron chi connectivity index (χ4n) is 1.94. The van der Waals surface area contributed by atoms with Gasteiger partial charge >= 0.3 is 11.7 Å². The second-order valence-corrected chi connectivity index (χ2v) is 6.02. The number of hydrogen-bond acceptors (Lipinski definition) is 6. The Bertz CT molecular complexity index is 824. The molecule has 0 aromatic heterocycles. The highest BCUT2D eigenvalue weighted by atomic mass is 127. The van der Waals surface area contributed by atoms with E-state index < -0.39 is 23.4 Å². The monoisotopic (exact) mass is 456 g/mol. The summed E-state index contributed by atoms with van der Waals surface area (Å²) in [6.45, 7) is -0.510. The van der Waals surface area contributed by atoms with Crippen molar-refractivity contribution in [2.24, 2.45) is 0 Å². The number of halogens is 1. The number of nitrogens with one attached hydrogen (secondary N) is 1. The number of nitro groups is 1. The van der Waals surface area contributed by atoms with Crippen molar-refractivity contribution >= 4 is 45.8 Å². The first-order valence-corrected chi connectivity index (χ1v) is 8.03. The van der Waals surface area contributed by atoms with Crippen LogP contribution in [-0.2, 0) is 9.53 Å². The van der Waals surface area contributed by atoms with Gasteiger partial charge < -0.3 is 14.8 Å². The van der Waals surface area contributed by atoms with Gasteiger partial charge in [-0.05, 0) is 52.9 Å². The molecular weight excluding hydrogens is 443 g/mol. The maximum absolute atomic E-state index is 12.0. The number of carbonyl (C=O) groups excluding carboxylic acids is 2. The van der Waals surface area contributed by atoms with E-state index in [0.29, 0.717) is 5.69 Å². The fraction of sp³-hybridized carbons (Fsp3) is 0.125. The molecule has 0 aliphatic rings. The lowest BCUT2D eigenvalue weighted by Crippen LogP contribution is -2.21. The third-order valence-electron chi connectivity index (χ3n) is 3.05. The standard InChI is InChI=1S/C16H13IN2O6/c1-24-14-6-5-10(7-13(14)19(22)23)16(21)25-9-15(20)18-12-4-2-3-11(17)8-12/h2-8H,9H2,1H3,(H,18,20). The first-order valence-electron chi connectivity index (χ1n) is 6.95. The normalized spacial score (nSPS) is 10.0. The van der Waals surface area contributed by atoms with Gasteiger partial charge in [0, 0.05) is 15.3 Å². The van der Waals surface area contributed by atoms with Gasteiger partial charge in [-0.25, -0.2) is 4.79 Å². The highest BCUT2D eigenvalue weighted by Crippen LogP contribution is 2.27. The number of amides is 1. The van der Waals surface area contributed by atoms with E-state index in [9.17, 15) is 19.7 Å². The summed E-state index contributed by atoms with van der Waals surface area (Å²) in [7, 11) is 1.29. The van der Waals surface area contributed by atoms with Gasteiger partial charge in [0.25, 0.3) is 5.91 Å². The number of hydrogen-bond donors (Lipinski definition) is 1. The summed E-state index contributed by atoms with van der Waals surface area (Å²) in [5.41, 5.74) is 0.169. The molecule has 0 bridgehead atoms. The van der Waals surface area contributed by atoms with Crippen molar-refractivity contribution < 1.29 is 24.0 Å². The third kappa shape index (κ3) is 5.14. The minimum Gasteiger partial charge on any atom is -0.490 e. The average molecular weight is 456 g/mol. The molecule has 1 amide bonds. The number of carbonyl (C=O) groups is 2. The van der Waals surface area contributed by atoms with Crippen molar-refractivity contribution in [3.05, 3.63) is 61.7 Å². The molecule has 2 aromatic carbocycles. The minimum absolute atomic E-state index is 0.0259. The lowest BCUT2D eigenvalue weighted by atomic mass is 10.2. The van der Waals surface area contributed by atoms with E-state index in [1.54, 1.807) is 18.2 Å². The molecule has 1 N–H and O–H groups in total. The highest BCUT2D eigenvalue weighted by Gasteiger charge is 2.19. The Morgan fingerprint density at radius 3 is 2.64 bits per heavy atom. The number of nitrogens with zero attached hydrogens (tertiary/aromatic N) is 1. The molecule has 0 unspecified atom stereocenters. The number of esters is 1. The smallest absolute Gasteiger partial charge is 0.338 e. The highest BCUT2D eigenvalue weighted by molar-refractivity contribution is 14.1. The summed E-state index contributed by atoms with van der Waals surface area (Å²) in [5.74, 6) is -1.33. The minimum atomic E-state index is -0.844. The molecule has 0 aliphatic carbocycles. The Balaban J connectivity index is 1.99. The summed E-state index contributed by atoms with van der Waals surface area (Å²) in [4.78, 5) is 34.1. The Hall–Kier alpha value is -2.69. The van der Waals surface area contributed by atoms with Crippen LogP contribution in [0.3, 0.4) is 0 Å². The van der Waals surface area contributed by atoms with E-state index in [4.69, 9.17) is 9.47 Å². The molecule has 8 nitrogen and oxygen atoms in total. The molecule has 0 heterocycles. The van der Waals surface area contributed by atoms with Crippen LogP contribution >= 0.6 is 22.6 Å². The zero-order valence-electron chi connectivity index (χ0n) is 13.0. The van der Waals surface area contributed by atoms with Gasteiger partial charge in [0.1, 0.15) is 0 Å². The molecule has 0 atom stereocenters. The maximum atomic E-state index is 12.0. The lowest BCUT2D eigenvalue weighted by Gasteiger charge is -2.08. The number of benzene rings is 2. The summed E-state index contributed by atoms with van der Waals surface area (Å²) in [6, 6.07) is 10.8. The summed E-state index contributed by atoms with van der Waals surface area (Å²) < 4.78 is 10.7. The van der Waals surface area contributed by atoms with Crippen molar-refractivity contribution in [2.75, 3.05) is 19.0 Å². The van der Waals surface area contributed by atoms with E-state index in [0.717, 1.165) is 9.64 Å². The van der Waals surface area contributed by atoms with Crippen LogP contribution in [0.1, 0.15) is 10.4 Å². The second kappa shape index (κ2) is 8.42. The summed E-state index contributed by atoms with van der Waals surface area (Å²) in [5, 5.41) is 13.5. The Labute approximate surface area is 156 Å². The van der Waals surface area contributed by atoms with Gasteiger partial charge in [0.05, 0.1) is 17.6 Å². The molecule has 0 aliphatic heterocycles. The topological polar surface area (TPSA) is 108 Å². The molecule has 0 radical (unpaired) electrons. The van der Waals surface area contributed by atoms with E-state index in [-0.39, 0.29) is 17.0 Å². The zero-order chi connectivity index (χ0) is 18.4. The van der Waals surface area contributed by atoms with E-state index in [1.165, 1.54) is 19.2 Å². The predicted octanol–water partition coefficient (Wildman–Crippen LogP) is 3.00. The Morgan fingerprint density at radius 1 is 1.24 bits per heavy atom. The molecule has 25 heavy (non-hydrogen) atoms. The molecule has 0 saturated heterocycles. The molecule has 9 heteroatoms. The first kappa shape index (κ1) is 18.6. The molecule has 2 aromatic rings. The average Bonchev–Trinajstić information content (AvgIpc) is 2.59. The van der Waals surface area contributed by atoms with Crippen molar-refractivity contribution in [3.8, 4) is 5.75 Å². The molecule has 130 valence electrons. The van der Waals surface area contributed by atoms with Gasteiger partial charge in [-0.15, -0.1) is 0 Å². The van der Waals surface area contributed by atoms with Crippen LogP contribution in [0, 0.1) is 13.7 Å². The zero-order valence-corrected chi connectivity index (χ0v) is 15.2. The number of anilines is 1. The lowest BCUT2D eigenvalue weighted by molar-refractivity contribution is -0.385. The third-order valence-corrected chi connectivity index (χ3v) is 3.72. The molecular formula is C16H13IN2O6. The quantitative estimate of drug-likeness (QED) is 0.310. The molecule has 0 spiro atoms. The van der Waals surface area contributed by atoms with Crippen LogP contribution in [-0.4, -0.2) is 30.5 Å². The van der Waals surface area contributed by atoms with Crippen LogP contribution in [0.25, 0.3) is 0 Å². The summed E-state index contributed by atoms with van der Waals surface area (Å²) >= 11 is 2.10. The molecule has 0 fully saturated rings. The van der Waals surface area contributed by atoms with Crippen molar-refractivity contribution in [2.45, 2.75) is 0 Å². The van der Waals surface area contributed by atoms with Crippen molar-refractivity contribution in [3.63, 3.8) is 0 Å². The predicted molar refractivity (Wildman–Crippen MR) is 97.7 cm³/mol. The van der Waals surface area contributed by atoms with Crippen molar-refractivity contribution in [1.82, 2.24) is 0 Å². The van der Waals surface area contributed by atoms with Gasteiger partial charge in [-0.3, -0.25) is 14.9 Å². The van der Waals surface area contributed by atoms with Crippen LogP contribution in [0.15, 0.2) is 42.5 Å². The van der Waals surface area contributed by atoms with Gasteiger partial charge in [0.2, 0.25) is 0 Å². The van der Waals surface area contributed by atoms with Gasteiger partial charge in [0.15, 0.2) is 12.4 Å². The number of rotatable bonds is 6. The van der Waals surface area contributed by atoms with E-state index in [1.807, 2.05) is 6.07 Å². The first-order chi connectivity index (χ1) is 11.9. The van der Waals surface area contributed by atoms with Crippen LogP contribution in [0.5, 0.6) is 5.75 Å². The van der Waals surface area contributed by atoms with Crippen molar-refractivity contribution in [1.29, 1.82) is 0 Å². The fourth-order valence-corrected chi connectivity index (χ4v) is 2.48. The Morgan fingerprint density at radius 2 is 2.00 bits per heavy atom. The Kier molecular flexibility index (Phi) is 6.28. The number of nitro benzene ring substituents is 1. The van der Waals surface area contributed by atoms with E-state index in [2.05, 4.69) is 27.9 Å². The van der Waals surface area contributed by atoms with Gasteiger partial charge in [-0.2, -0.15) is 0 Å². The van der Waals surface area contributed by atoms with Gasteiger partial charge in [-0.1, -0.05) is 6.07 Å². The van der Waals surface area contributed by atoms with Crippen LogP contribution < -0.4 is 10.1 Å². The van der Waals surface area contributed by atoms with Crippen LogP contribution in [0.4, 0.5) is 11.4 Å². The van der Waals surface area contributed by atoms with E-state index >= 15 is 0 Å². The largest absolute Gasteiger partial charge is 0.490 e. The second-order valence-electron chi connectivity index (χ2n) is 4.78. The maximum Gasteiger partial charge on any atom is 0.338 e. The molecule has 2 rings (SSSR count). The molecule has 0 saturated carbocycles. The summed E-state index contributed by atoms with van der Waals surface area (Å²) in [6.07, 6.45) is 0. The van der Waals surface area contributed by atoms with Crippen LogP contribution in [0.2, 0.25) is 0 Å².